The Bertz CT molecular complexity index is 557. The Hall–Kier alpha value is -1.84. The minimum absolute atomic E-state index is 0.00409. The average molecular weight is 302 g/mol. The maximum Gasteiger partial charge on any atom is 0.241 e. The second-order valence-electron chi connectivity index (χ2n) is 5.91. The maximum absolute atomic E-state index is 12.4. The third-order valence-electron chi connectivity index (χ3n) is 4.28. The predicted octanol–water partition coefficient (Wildman–Crippen LogP) is 1.10. The van der Waals surface area contributed by atoms with Gasteiger partial charge >= 0.3 is 0 Å². The van der Waals surface area contributed by atoms with Crippen molar-refractivity contribution in [2.24, 2.45) is 0 Å². The fourth-order valence-corrected chi connectivity index (χ4v) is 3.18. The van der Waals surface area contributed by atoms with E-state index in [2.05, 4.69) is 16.3 Å². The number of nitrogens with one attached hydrogen (secondary N) is 1. The highest BCUT2D eigenvalue weighted by Crippen LogP contribution is 2.19. The van der Waals surface area contributed by atoms with Crippen LogP contribution in [-0.2, 0) is 16.1 Å². The van der Waals surface area contributed by atoms with Crippen LogP contribution in [0.5, 0.6) is 0 Å². The number of rotatable bonds is 5. The molecule has 2 atom stereocenters. The van der Waals surface area contributed by atoms with Crippen molar-refractivity contribution in [1.82, 2.24) is 14.7 Å². The molecule has 0 bridgehead atoms. The van der Waals surface area contributed by atoms with E-state index < -0.39 is 0 Å². The molecule has 0 aliphatic carbocycles. The van der Waals surface area contributed by atoms with E-state index in [1.807, 2.05) is 15.8 Å². The molecule has 1 aromatic heterocycles. The molecule has 6 heteroatoms. The topological polar surface area (TPSA) is 59.4 Å². The van der Waals surface area contributed by atoms with E-state index in [0.717, 1.165) is 51.1 Å². The van der Waals surface area contributed by atoms with Gasteiger partial charge in [0, 0.05) is 12.8 Å². The molecule has 1 aromatic rings. The van der Waals surface area contributed by atoms with Gasteiger partial charge in [-0.25, -0.2) is 0 Å². The van der Waals surface area contributed by atoms with Crippen LogP contribution >= 0.6 is 0 Å². The summed E-state index contributed by atoms with van der Waals surface area (Å²) in [6.45, 7) is 2.99. The van der Waals surface area contributed by atoms with Gasteiger partial charge in [0.1, 0.15) is 0 Å². The second kappa shape index (κ2) is 6.95. The third kappa shape index (κ3) is 3.49. The summed E-state index contributed by atoms with van der Waals surface area (Å²) in [5, 5.41) is 7.23. The summed E-state index contributed by atoms with van der Waals surface area (Å²) in [6.07, 6.45) is 13.2. The van der Waals surface area contributed by atoms with E-state index >= 15 is 0 Å². The maximum atomic E-state index is 12.4. The van der Waals surface area contributed by atoms with Crippen molar-refractivity contribution >= 4 is 11.6 Å². The summed E-state index contributed by atoms with van der Waals surface area (Å²) < 4.78 is 7.43. The first kappa shape index (κ1) is 15.1. The van der Waals surface area contributed by atoms with E-state index in [1.165, 1.54) is 0 Å². The van der Waals surface area contributed by atoms with Crippen molar-refractivity contribution in [1.29, 1.82) is 0 Å². The third-order valence-corrected chi connectivity index (χ3v) is 4.28. The van der Waals surface area contributed by atoms with Crippen LogP contribution < -0.4 is 5.32 Å². The van der Waals surface area contributed by atoms with Crippen molar-refractivity contribution in [2.45, 2.75) is 44.4 Å². The van der Waals surface area contributed by atoms with Gasteiger partial charge in [-0.2, -0.15) is 5.10 Å². The van der Waals surface area contributed by atoms with Gasteiger partial charge in [0.2, 0.25) is 5.91 Å². The summed E-state index contributed by atoms with van der Waals surface area (Å²) in [4.78, 5) is 14.4. The molecular weight excluding hydrogens is 280 g/mol. The first-order chi connectivity index (χ1) is 10.8. The Morgan fingerprint density at radius 1 is 1.50 bits per heavy atom. The fourth-order valence-electron chi connectivity index (χ4n) is 3.18. The molecule has 0 aromatic carbocycles. The van der Waals surface area contributed by atoms with Crippen LogP contribution in [0.15, 0.2) is 12.4 Å². The van der Waals surface area contributed by atoms with E-state index in [0.29, 0.717) is 6.54 Å². The molecule has 2 aliphatic heterocycles. The summed E-state index contributed by atoms with van der Waals surface area (Å²) in [7, 11) is 0. The molecule has 3 rings (SSSR count). The lowest BCUT2D eigenvalue weighted by Crippen LogP contribution is -2.39. The number of anilines is 1. The van der Waals surface area contributed by atoms with Crippen molar-refractivity contribution in [3.8, 4) is 12.3 Å². The fraction of sp³-hybridized carbons (Fsp3) is 0.625. The molecule has 2 fully saturated rings. The number of ether oxygens (including phenoxy) is 1. The molecule has 0 unspecified atom stereocenters. The Morgan fingerprint density at radius 2 is 2.41 bits per heavy atom. The van der Waals surface area contributed by atoms with Gasteiger partial charge in [0.15, 0.2) is 0 Å². The van der Waals surface area contributed by atoms with E-state index in [-0.39, 0.29) is 18.1 Å². The molecule has 2 aliphatic rings. The van der Waals surface area contributed by atoms with E-state index in [1.54, 1.807) is 6.20 Å². The zero-order valence-electron chi connectivity index (χ0n) is 12.7. The molecule has 2 saturated heterocycles. The SMILES string of the molecule is C#CCN1CCC[C@H]1C(=O)Nc1cnn(C[C@@H]2CCCO2)c1. The van der Waals surface area contributed by atoms with Crippen LogP contribution in [0, 0.1) is 12.3 Å². The van der Waals surface area contributed by atoms with E-state index in [4.69, 9.17) is 11.2 Å². The number of hydrogen-bond acceptors (Lipinski definition) is 4. The number of aromatic nitrogens is 2. The monoisotopic (exact) mass is 302 g/mol. The molecule has 3 heterocycles. The van der Waals surface area contributed by atoms with Crippen LogP contribution in [0.1, 0.15) is 25.7 Å². The highest BCUT2D eigenvalue weighted by atomic mass is 16.5. The second-order valence-corrected chi connectivity index (χ2v) is 5.91. The Balaban J connectivity index is 1.55. The molecule has 118 valence electrons. The Morgan fingerprint density at radius 3 is 3.18 bits per heavy atom. The predicted molar refractivity (Wildman–Crippen MR) is 83.3 cm³/mol. The van der Waals surface area contributed by atoms with Crippen LogP contribution in [-0.4, -0.2) is 52.4 Å². The van der Waals surface area contributed by atoms with Crippen molar-refractivity contribution < 1.29 is 9.53 Å². The number of carbonyl (C=O) groups excluding carboxylic acids is 1. The van der Waals surface area contributed by atoms with Crippen LogP contribution in [0.2, 0.25) is 0 Å². The summed E-state index contributed by atoms with van der Waals surface area (Å²) >= 11 is 0. The van der Waals surface area contributed by atoms with Crippen LogP contribution in [0.25, 0.3) is 0 Å². The highest BCUT2D eigenvalue weighted by Gasteiger charge is 2.30. The largest absolute Gasteiger partial charge is 0.376 e. The Kier molecular flexibility index (Phi) is 4.76. The lowest BCUT2D eigenvalue weighted by molar-refractivity contribution is -0.120. The molecule has 0 spiro atoms. The number of likely N-dealkylation sites (tertiary alicyclic amines) is 1. The summed E-state index contributed by atoms with van der Waals surface area (Å²) in [5.74, 6) is 2.62. The van der Waals surface area contributed by atoms with Gasteiger partial charge in [0.05, 0.1) is 37.1 Å². The summed E-state index contributed by atoms with van der Waals surface area (Å²) in [6, 6.07) is -0.127. The van der Waals surface area contributed by atoms with Crippen molar-refractivity contribution in [3.05, 3.63) is 12.4 Å². The minimum Gasteiger partial charge on any atom is -0.376 e. The Labute approximate surface area is 130 Å². The number of amides is 1. The quantitative estimate of drug-likeness (QED) is 0.828. The van der Waals surface area contributed by atoms with E-state index in [9.17, 15) is 4.79 Å². The normalized spacial score (nSPS) is 25.2. The molecular formula is C16H22N4O2. The molecule has 22 heavy (non-hydrogen) atoms. The lowest BCUT2D eigenvalue weighted by Gasteiger charge is -2.20. The van der Waals surface area contributed by atoms with Crippen LogP contribution in [0.4, 0.5) is 5.69 Å². The van der Waals surface area contributed by atoms with Crippen molar-refractivity contribution in [3.63, 3.8) is 0 Å². The molecule has 0 saturated carbocycles. The zero-order valence-corrected chi connectivity index (χ0v) is 12.7. The van der Waals surface area contributed by atoms with Crippen LogP contribution in [0.3, 0.4) is 0 Å². The summed E-state index contributed by atoms with van der Waals surface area (Å²) in [5.41, 5.74) is 0.732. The van der Waals surface area contributed by atoms with Gasteiger partial charge in [-0.05, 0) is 32.2 Å². The zero-order chi connectivity index (χ0) is 15.4. The first-order valence-corrected chi connectivity index (χ1v) is 7.88. The average Bonchev–Trinajstić information content (AvgIpc) is 3.22. The number of hydrogen-bond donors (Lipinski definition) is 1. The van der Waals surface area contributed by atoms with Gasteiger partial charge in [-0.3, -0.25) is 14.4 Å². The number of nitrogens with zero attached hydrogens (tertiary/aromatic N) is 3. The van der Waals surface area contributed by atoms with Gasteiger partial charge in [0.25, 0.3) is 0 Å². The smallest absolute Gasteiger partial charge is 0.241 e. The van der Waals surface area contributed by atoms with Crippen molar-refractivity contribution in [2.75, 3.05) is 25.0 Å². The molecule has 1 amide bonds. The molecule has 6 nitrogen and oxygen atoms in total. The minimum atomic E-state index is -0.127. The lowest BCUT2D eigenvalue weighted by atomic mass is 10.2. The first-order valence-electron chi connectivity index (χ1n) is 7.88. The van der Waals surface area contributed by atoms with Gasteiger partial charge in [-0.15, -0.1) is 6.42 Å². The van der Waals surface area contributed by atoms with Gasteiger partial charge < -0.3 is 10.1 Å². The standard InChI is InChI=1S/C16H22N4O2/c1-2-7-19-8-3-6-15(19)16(21)18-13-10-17-20(11-13)12-14-5-4-9-22-14/h1,10-11,14-15H,3-9,12H2,(H,18,21)/t14-,15-/m0/s1. The number of terminal acetylenes is 1. The van der Waals surface area contributed by atoms with Gasteiger partial charge in [-0.1, -0.05) is 5.92 Å². The highest BCUT2D eigenvalue weighted by molar-refractivity contribution is 5.94. The molecule has 1 N–H and O–H groups in total. The number of carbonyl (C=O) groups is 1. The molecule has 0 radical (unpaired) electrons.